The van der Waals surface area contributed by atoms with Crippen LogP contribution in [-0.4, -0.2) is 38.1 Å². The van der Waals surface area contributed by atoms with Crippen LogP contribution in [0.4, 0.5) is 0 Å². The summed E-state index contributed by atoms with van der Waals surface area (Å²) in [4.78, 5) is 27.5. The SMILES string of the molecule is Cc1ccnc(SCC(=O)N2CCCCC2c2nccs2)n1. The Morgan fingerprint density at radius 3 is 3.09 bits per heavy atom. The van der Waals surface area contributed by atoms with Gasteiger partial charge in [-0.25, -0.2) is 15.0 Å². The van der Waals surface area contributed by atoms with Crippen LogP contribution in [0.2, 0.25) is 0 Å². The van der Waals surface area contributed by atoms with Crippen LogP contribution in [0.1, 0.15) is 36.0 Å². The Morgan fingerprint density at radius 2 is 2.32 bits per heavy atom. The van der Waals surface area contributed by atoms with Gasteiger partial charge in [0.15, 0.2) is 5.16 Å². The van der Waals surface area contributed by atoms with Crippen LogP contribution in [-0.2, 0) is 4.79 Å². The number of hydrogen-bond donors (Lipinski definition) is 0. The molecule has 1 amide bonds. The van der Waals surface area contributed by atoms with E-state index in [0.29, 0.717) is 10.9 Å². The molecular weight excluding hydrogens is 316 g/mol. The molecule has 0 radical (unpaired) electrons. The third-order valence-corrected chi connectivity index (χ3v) is 5.38. The highest BCUT2D eigenvalue weighted by Crippen LogP contribution is 2.32. The van der Waals surface area contributed by atoms with Gasteiger partial charge in [-0.3, -0.25) is 4.79 Å². The molecule has 1 aliphatic heterocycles. The third-order valence-electron chi connectivity index (χ3n) is 3.66. The van der Waals surface area contributed by atoms with Crippen molar-refractivity contribution < 1.29 is 4.79 Å². The Balaban J connectivity index is 1.65. The number of amides is 1. The first-order valence-electron chi connectivity index (χ1n) is 7.35. The zero-order valence-electron chi connectivity index (χ0n) is 12.4. The van der Waals surface area contributed by atoms with Crippen molar-refractivity contribution in [1.82, 2.24) is 19.9 Å². The lowest BCUT2D eigenvalue weighted by Gasteiger charge is -2.34. The van der Waals surface area contributed by atoms with Crippen LogP contribution in [0.25, 0.3) is 0 Å². The fourth-order valence-corrected chi connectivity index (χ4v) is 4.14. The number of nitrogens with zero attached hydrogens (tertiary/aromatic N) is 4. The predicted molar refractivity (Wildman–Crippen MR) is 87.9 cm³/mol. The molecule has 1 atom stereocenters. The maximum atomic E-state index is 12.6. The zero-order valence-corrected chi connectivity index (χ0v) is 14.1. The van der Waals surface area contributed by atoms with Crippen LogP contribution in [0.5, 0.6) is 0 Å². The van der Waals surface area contributed by atoms with Gasteiger partial charge in [-0.15, -0.1) is 11.3 Å². The second-order valence-electron chi connectivity index (χ2n) is 5.24. The van der Waals surface area contributed by atoms with Crippen molar-refractivity contribution in [2.24, 2.45) is 0 Å². The molecule has 0 saturated carbocycles. The number of likely N-dealkylation sites (tertiary alicyclic amines) is 1. The Morgan fingerprint density at radius 1 is 1.41 bits per heavy atom. The number of thiazole rings is 1. The van der Waals surface area contributed by atoms with Gasteiger partial charge in [0.05, 0.1) is 11.8 Å². The Labute approximate surface area is 138 Å². The molecule has 5 nitrogen and oxygen atoms in total. The fourth-order valence-electron chi connectivity index (χ4n) is 2.59. The van der Waals surface area contributed by atoms with E-state index in [0.717, 1.165) is 36.5 Å². The summed E-state index contributed by atoms with van der Waals surface area (Å²) in [5.74, 6) is 0.528. The second-order valence-corrected chi connectivity index (χ2v) is 7.11. The molecule has 3 rings (SSSR count). The number of aryl methyl sites for hydroxylation is 1. The molecule has 0 N–H and O–H groups in total. The molecule has 0 aromatic carbocycles. The Kier molecular flexibility index (Phi) is 5.04. The highest BCUT2D eigenvalue weighted by molar-refractivity contribution is 7.99. The summed E-state index contributed by atoms with van der Waals surface area (Å²) in [6, 6.07) is 2.00. The first-order valence-corrected chi connectivity index (χ1v) is 9.22. The molecule has 2 aromatic rings. The summed E-state index contributed by atoms with van der Waals surface area (Å²) in [6.07, 6.45) is 6.77. The molecule has 0 spiro atoms. The van der Waals surface area contributed by atoms with Crippen LogP contribution in [0.3, 0.4) is 0 Å². The molecule has 1 fully saturated rings. The van der Waals surface area contributed by atoms with E-state index in [9.17, 15) is 4.79 Å². The Bertz CT molecular complexity index is 632. The molecule has 0 bridgehead atoms. The van der Waals surface area contributed by atoms with Crippen molar-refractivity contribution in [2.75, 3.05) is 12.3 Å². The maximum Gasteiger partial charge on any atom is 0.233 e. The average molecular weight is 334 g/mol. The highest BCUT2D eigenvalue weighted by Gasteiger charge is 2.29. The average Bonchev–Trinajstić information content (AvgIpc) is 3.07. The lowest BCUT2D eigenvalue weighted by molar-refractivity contribution is -0.132. The number of rotatable bonds is 4. The number of carbonyl (C=O) groups is 1. The van der Waals surface area contributed by atoms with Crippen LogP contribution in [0.15, 0.2) is 29.0 Å². The third kappa shape index (κ3) is 3.64. The van der Waals surface area contributed by atoms with Gasteiger partial charge in [-0.05, 0) is 32.3 Å². The number of hydrogen-bond acceptors (Lipinski definition) is 6. The number of piperidine rings is 1. The topological polar surface area (TPSA) is 59.0 Å². The molecule has 116 valence electrons. The van der Waals surface area contributed by atoms with E-state index in [4.69, 9.17) is 0 Å². The lowest BCUT2D eigenvalue weighted by Crippen LogP contribution is -2.39. The van der Waals surface area contributed by atoms with E-state index in [1.54, 1.807) is 17.5 Å². The molecule has 1 saturated heterocycles. The highest BCUT2D eigenvalue weighted by atomic mass is 32.2. The van der Waals surface area contributed by atoms with Gasteiger partial charge in [0, 0.05) is 30.0 Å². The van der Waals surface area contributed by atoms with Crippen molar-refractivity contribution in [3.05, 3.63) is 34.5 Å². The quantitative estimate of drug-likeness (QED) is 0.635. The maximum absolute atomic E-state index is 12.6. The number of thioether (sulfide) groups is 1. The minimum Gasteiger partial charge on any atom is -0.332 e. The molecule has 22 heavy (non-hydrogen) atoms. The van der Waals surface area contributed by atoms with E-state index >= 15 is 0 Å². The van der Waals surface area contributed by atoms with Crippen molar-refractivity contribution >= 4 is 29.0 Å². The monoisotopic (exact) mass is 334 g/mol. The molecule has 0 aliphatic carbocycles. The number of aromatic nitrogens is 3. The van der Waals surface area contributed by atoms with Crippen molar-refractivity contribution in [3.63, 3.8) is 0 Å². The van der Waals surface area contributed by atoms with E-state index in [1.165, 1.54) is 11.8 Å². The first kappa shape index (κ1) is 15.4. The standard InChI is InChI=1S/C15H18N4OS2/c1-11-5-6-17-15(18-11)22-10-13(20)19-8-3-2-4-12(19)14-16-7-9-21-14/h5-7,9,12H,2-4,8,10H2,1H3. The van der Waals surface area contributed by atoms with Gasteiger partial charge >= 0.3 is 0 Å². The summed E-state index contributed by atoms with van der Waals surface area (Å²) in [6.45, 7) is 2.75. The van der Waals surface area contributed by atoms with Crippen molar-refractivity contribution in [3.8, 4) is 0 Å². The van der Waals surface area contributed by atoms with Gasteiger partial charge in [-0.1, -0.05) is 11.8 Å². The molecule has 2 aromatic heterocycles. The van der Waals surface area contributed by atoms with Gasteiger partial charge in [-0.2, -0.15) is 0 Å². The van der Waals surface area contributed by atoms with Crippen LogP contribution in [0, 0.1) is 6.92 Å². The summed E-state index contributed by atoms with van der Waals surface area (Å²) in [5, 5.41) is 3.68. The van der Waals surface area contributed by atoms with E-state index in [2.05, 4.69) is 15.0 Å². The molecule has 7 heteroatoms. The van der Waals surface area contributed by atoms with Crippen molar-refractivity contribution in [1.29, 1.82) is 0 Å². The predicted octanol–water partition coefficient (Wildman–Crippen LogP) is 3.09. The van der Waals surface area contributed by atoms with E-state index in [-0.39, 0.29) is 11.9 Å². The normalized spacial score (nSPS) is 18.4. The van der Waals surface area contributed by atoms with E-state index < -0.39 is 0 Å². The molecule has 1 aliphatic rings. The smallest absolute Gasteiger partial charge is 0.233 e. The first-order chi connectivity index (χ1) is 10.7. The van der Waals surface area contributed by atoms with Crippen LogP contribution >= 0.6 is 23.1 Å². The Hall–Kier alpha value is -1.47. The lowest BCUT2D eigenvalue weighted by atomic mass is 10.0. The summed E-state index contributed by atoms with van der Waals surface area (Å²) >= 11 is 3.04. The molecule has 1 unspecified atom stereocenters. The minimum atomic E-state index is 0.139. The van der Waals surface area contributed by atoms with Gasteiger partial charge in [0.2, 0.25) is 5.91 Å². The van der Waals surface area contributed by atoms with E-state index in [1.807, 2.05) is 29.5 Å². The van der Waals surface area contributed by atoms with Gasteiger partial charge < -0.3 is 4.90 Å². The second kappa shape index (κ2) is 7.19. The fraction of sp³-hybridized carbons (Fsp3) is 0.467. The summed E-state index contributed by atoms with van der Waals surface area (Å²) in [7, 11) is 0. The van der Waals surface area contributed by atoms with Gasteiger partial charge in [0.25, 0.3) is 0 Å². The van der Waals surface area contributed by atoms with Crippen molar-refractivity contribution in [2.45, 2.75) is 37.4 Å². The molecular formula is C15H18N4OS2. The summed E-state index contributed by atoms with van der Waals surface area (Å²) in [5.41, 5.74) is 0.920. The molecule has 3 heterocycles. The largest absolute Gasteiger partial charge is 0.332 e. The van der Waals surface area contributed by atoms with Crippen LogP contribution < -0.4 is 0 Å². The minimum absolute atomic E-state index is 0.139. The number of carbonyl (C=O) groups excluding carboxylic acids is 1. The zero-order chi connectivity index (χ0) is 15.4. The van der Waals surface area contributed by atoms with Gasteiger partial charge in [0.1, 0.15) is 5.01 Å². The summed E-state index contributed by atoms with van der Waals surface area (Å²) < 4.78 is 0.